The topological polar surface area (TPSA) is 192 Å². The zero-order chi connectivity index (χ0) is 28.5. The average Bonchev–Trinajstić information content (AvgIpc) is 3.28. The second-order valence-electron chi connectivity index (χ2n) is 9.51. The first-order valence-electron chi connectivity index (χ1n) is 12.1. The van der Waals surface area contributed by atoms with Crippen molar-refractivity contribution in [2.45, 2.75) is 48.8 Å². The summed E-state index contributed by atoms with van der Waals surface area (Å²) in [7, 11) is 2.85. The van der Waals surface area contributed by atoms with Crippen molar-refractivity contribution in [2.75, 3.05) is 20.8 Å². The summed E-state index contributed by atoms with van der Waals surface area (Å²) in [6, 6.07) is 8.02. The summed E-state index contributed by atoms with van der Waals surface area (Å²) in [4.78, 5) is 23.9. The number of hydrogen-bond acceptors (Lipinski definition) is 11. The van der Waals surface area contributed by atoms with Gasteiger partial charge in [0.1, 0.15) is 18.3 Å². The summed E-state index contributed by atoms with van der Waals surface area (Å²) in [5.74, 6) is -2.11. The molecule has 0 amide bonds. The number of aliphatic carboxylic acids is 1. The first kappa shape index (κ1) is 28.2. The number of phenolic OH excluding ortho intramolecular Hbond substituents is 1. The van der Waals surface area contributed by atoms with E-state index in [4.69, 9.17) is 18.9 Å². The smallest absolute Gasteiger partial charge is 0.335 e. The van der Waals surface area contributed by atoms with Crippen LogP contribution >= 0.6 is 0 Å². The summed E-state index contributed by atoms with van der Waals surface area (Å²) in [6.45, 7) is -0.284. The third-order valence-electron chi connectivity index (χ3n) is 7.00. The Balaban J connectivity index is 1.55. The average molecular weight is 547 g/mol. The van der Waals surface area contributed by atoms with Gasteiger partial charge in [-0.05, 0) is 41.5 Å². The van der Waals surface area contributed by atoms with E-state index in [-0.39, 0.29) is 18.1 Å². The number of carbonyl (C=O) groups is 2. The van der Waals surface area contributed by atoms with E-state index in [0.717, 1.165) is 6.08 Å². The van der Waals surface area contributed by atoms with Gasteiger partial charge in [0, 0.05) is 24.5 Å². The number of hydrogen-bond donors (Lipinski definition) is 6. The van der Waals surface area contributed by atoms with Gasteiger partial charge in [-0.1, -0.05) is 6.07 Å². The lowest BCUT2D eigenvalue weighted by atomic mass is 9.79. The molecule has 6 N–H and O–H groups in total. The fraction of sp³-hybridized carbons (Fsp3) is 0.407. The highest BCUT2D eigenvalue weighted by atomic mass is 16.6. The Kier molecular flexibility index (Phi) is 8.02. The highest BCUT2D eigenvalue weighted by molar-refractivity contribution is 5.87. The Bertz CT molecular complexity index is 1270. The minimum atomic E-state index is -2.35. The molecular formula is C27H30O12. The van der Waals surface area contributed by atoms with Crippen molar-refractivity contribution in [2.24, 2.45) is 0 Å². The number of carbonyl (C=O) groups excluding carboxylic acids is 1. The maximum absolute atomic E-state index is 12.5. The van der Waals surface area contributed by atoms with E-state index < -0.39 is 60.7 Å². The molecule has 210 valence electrons. The summed E-state index contributed by atoms with van der Waals surface area (Å²) in [5.41, 5.74) is -0.603. The van der Waals surface area contributed by atoms with Gasteiger partial charge in [-0.2, -0.15) is 0 Å². The van der Waals surface area contributed by atoms with Gasteiger partial charge in [-0.3, -0.25) is 0 Å². The molecule has 2 aliphatic rings. The highest BCUT2D eigenvalue weighted by Gasteiger charge is 2.50. The van der Waals surface area contributed by atoms with Crippen LogP contribution in [0.3, 0.4) is 0 Å². The fourth-order valence-corrected chi connectivity index (χ4v) is 4.92. The van der Waals surface area contributed by atoms with E-state index in [1.54, 1.807) is 24.3 Å². The van der Waals surface area contributed by atoms with Crippen LogP contribution in [0.5, 0.6) is 23.0 Å². The summed E-state index contributed by atoms with van der Waals surface area (Å²) >= 11 is 0. The Morgan fingerprint density at radius 2 is 1.82 bits per heavy atom. The minimum Gasteiger partial charge on any atom is -0.504 e. The molecule has 2 aromatic carbocycles. The van der Waals surface area contributed by atoms with Gasteiger partial charge >= 0.3 is 11.9 Å². The number of phenols is 1. The third-order valence-corrected chi connectivity index (χ3v) is 7.00. The standard InChI is InChI=1S/C27H30O12/c1-36-19-9-14(4-5-17(19)29)24-16(12-28)15-7-13(8-20(37-2)25(15)39-24)3-6-22(31)38-21-11-27(35,26(33)34)10-18(30)23(21)32/h3-9,16,18,21,23-24,28-30,32,35H,10-12H2,1-2H3,(H,33,34)/b6-3+/t16-,18-,21+,23-,24+,27-/m0/s1. The van der Waals surface area contributed by atoms with E-state index in [0.29, 0.717) is 28.2 Å². The molecule has 1 aliphatic carbocycles. The number of rotatable bonds is 8. The molecule has 39 heavy (non-hydrogen) atoms. The first-order valence-corrected chi connectivity index (χ1v) is 12.1. The number of carboxylic acid groups (broad SMARTS) is 1. The van der Waals surface area contributed by atoms with Crippen molar-refractivity contribution in [1.82, 2.24) is 0 Å². The van der Waals surface area contributed by atoms with Crippen molar-refractivity contribution >= 4 is 18.0 Å². The van der Waals surface area contributed by atoms with Gasteiger partial charge in [0.25, 0.3) is 0 Å². The van der Waals surface area contributed by atoms with Crippen LogP contribution < -0.4 is 14.2 Å². The van der Waals surface area contributed by atoms with Crippen LogP contribution in [0, 0.1) is 0 Å². The molecule has 4 rings (SSSR count). The van der Waals surface area contributed by atoms with Gasteiger partial charge in [0.05, 0.1) is 32.8 Å². The second kappa shape index (κ2) is 11.1. The van der Waals surface area contributed by atoms with E-state index in [2.05, 4.69) is 0 Å². The van der Waals surface area contributed by atoms with Crippen LogP contribution in [-0.2, 0) is 14.3 Å². The number of carboxylic acids is 1. The second-order valence-corrected chi connectivity index (χ2v) is 9.51. The molecule has 12 heteroatoms. The monoisotopic (exact) mass is 546 g/mol. The molecule has 0 radical (unpaired) electrons. The first-order chi connectivity index (χ1) is 18.5. The zero-order valence-electron chi connectivity index (χ0n) is 21.2. The van der Waals surface area contributed by atoms with Crippen molar-refractivity contribution in [3.05, 3.63) is 53.1 Å². The Hall–Kier alpha value is -3.84. The van der Waals surface area contributed by atoms with Crippen LogP contribution in [0.2, 0.25) is 0 Å². The number of aromatic hydroxyl groups is 1. The number of methoxy groups -OCH3 is 2. The Morgan fingerprint density at radius 1 is 1.10 bits per heavy atom. The van der Waals surface area contributed by atoms with Gasteiger partial charge in [0.2, 0.25) is 0 Å². The van der Waals surface area contributed by atoms with E-state index in [1.165, 1.54) is 26.4 Å². The van der Waals surface area contributed by atoms with Crippen LogP contribution in [0.15, 0.2) is 36.4 Å². The van der Waals surface area contributed by atoms with Crippen molar-refractivity contribution in [1.29, 1.82) is 0 Å². The predicted octanol–water partition coefficient (Wildman–Crippen LogP) is 0.875. The Morgan fingerprint density at radius 3 is 2.46 bits per heavy atom. The number of benzene rings is 2. The van der Waals surface area contributed by atoms with Crippen LogP contribution in [0.4, 0.5) is 0 Å². The molecular weight excluding hydrogens is 516 g/mol. The van der Waals surface area contributed by atoms with E-state index >= 15 is 0 Å². The molecule has 1 aliphatic heterocycles. The van der Waals surface area contributed by atoms with Gasteiger partial charge in [-0.15, -0.1) is 0 Å². The molecule has 0 unspecified atom stereocenters. The number of fused-ring (bicyclic) bond motifs is 1. The SMILES string of the molecule is COc1cc([C@H]2Oc3c(OC)cc(/C=C/C(=O)O[C@@H]4C[C@](O)(C(=O)O)C[C@H](O)[C@@H]4O)cc3[C@@H]2CO)ccc1O. The lowest BCUT2D eigenvalue weighted by molar-refractivity contribution is -0.196. The predicted molar refractivity (Wildman–Crippen MR) is 134 cm³/mol. The molecule has 12 nitrogen and oxygen atoms in total. The highest BCUT2D eigenvalue weighted by Crippen LogP contribution is 2.51. The molecule has 1 saturated carbocycles. The normalized spacial score (nSPS) is 28.0. The fourth-order valence-electron chi connectivity index (χ4n) is 4.92. The van der Waals surface area contributed by atoms with Crippen LogP contribution in [0.1, 0.15) is 41.6 Å². The van der Waals surface area contributed by atoms with E-state index in [9.17, 15) is 40.2 Å². The van der Waals surface area contributed by atoms with Crippen molar-refractivity contribution in [3.63, 3.8) is 0 Å². The maximum Gasteiger partial charge on any atom is 0.335 e. The molecule has 2 aromatic rings. The van der Waals surface area contributed by atoms with Gasteiger partial charge in [0.15, 0.2) is 28.6 Å². The number of esters is 1. The largest absolute Gasteiger partial charge is 0.504 e. The molecule has 1 heterocycles. The lowest BCUT2D eigenvalue weighted by Crippen LogP contribution is -2.57. The molecule has 0 bridgehead atoms. The molecule has 0 saturated heterocycles. The molecule has 0 spiro atoms. The quantitative estimate of drug-likeness (QED) is 0.203. The van der Waals surface area contributed by atoms with Crippen molar-refractivity contribution in [3.8, 4) is 23.0 Å². The summed E-state index contributed by atoms with van der Waals surface area (Å²) in [6.07, 6.45) is -3.99. The van der Waals surface area contributed by atoms with Gasteiger partial charge in [-0.25, -0.2) is 9.59 Å². The lowest BCUT2D eigenvalue weighted by Gasteiger charge is -2.39. The zero-order valence-corrected chi connectivity index (χ0v) is 21.2. The van der Waals surface area contributed by atoms with E-state index in [1.807, 2.05) is 0 Å². The maximum atomic E-state index is 12.5. The Labute approximate surface area is 223 Å². The summed E-state index contributed by atoms with van der Waals surface area (Å²) < 4.78 is 21.9. The molecule has 0 aromatic heterocycles. The summed E-state index contributed by atoms with van der Waals surface area (Å²) in [5, 5.41) is 59.7. The molecule has 6 atom stereocenters. The number of ether oxygens (including phenoxy) is 4. The van der Waals surface area contributed by atoms with Crippen LogP contribution in [-0.4, -0.2) is 87.3 Å². The van der Waals surface area contributed by atoms with Crippen molar-refractivity contribution < 1.29 is 59.2 Å². The minimum absolute atomic E-state index is 0.0444. The van der Waals surface area contributed by atoms with Crippen LogP contribution in [0.25, 0.3) is 6.08 Å². The number of aliphatic hydroxyl groups excluding tert-OH is 3. The van der Waals surface area contributed by atoms with Gasteiger partial charge < -0.3 is 49.6 Å². The third kappa shape index (κ3) is 5.50. The number of aliphatic hydroxyl groups is 4. The molecule has 1 fully saturated rings.